The summed E-state index contributed by atoms with van der Waals surface area (Å²) < 4.78 is 10.2. The van der Waals surface area contributed by atoms with E-state index >= 15 is 0 Å². The molecular formula is C21H23N3O5. The minimum absolute atomic E-state index is 0.0340. The van der Waals surface area contributed by atoms with Crippen molar-refractivity contribution in [2.45, 2.75) is 6.04 Å². The molecule has 1 aliphatic heterocycles. The highest BCUT2D eigenvalue weighted by molar-refractivity contribution is 5.99. The average molecular weight is 397 g/mol. The molecule has 152 valence electrons. The monoisotopic (exact) mass is 397 g/mol. The van der Waals surface area contributed by atoms with Crippen LogP contribution in [-0.2, 0) is 9.53 Å². The van der Waals surface area contributed by atoms with Gasteiger partial charge in [-0.2, -0.15) is 0 Å². The number of carbonyl (C=O) groups is 3. The number of hydrogen-bond donors (Lipinski definition) is 1. The summed E-state index contributed by atoms with van der Waals surface area (Å²) in [5, 5.41) is 2.79. The van der Waals surface area contributed by atoms with Gasteiger partial charge in [-0.25, -0.2) is 9.59 Å². The molecule has 1 aliphatic rings. The number of urea groups is 1. The highest BCUT2D eigenvalue weighted by Gasteiger charge is 2.38. The second-order valence-corrected chi connectivity index (χ2v) is 6.48. The summed E-state index contributed by atoms with van der Waals surface area (Å²) in [5.41, 5.74) is 1.01. The Kier molecular flexibility index (Phi) is 6.33. The predicted octanol–water partition coefficient (Wildman–Crippen LogP) is 2.23. The first-order valence-electron chi connectivity index (χ1n) is 9.18. The fraction of sp³-hybridized carbons (Fsp3) is 0.286. The summed E-state index contributed by atoms with van der Waals surface area (Å²) in [4.78, 5) is 41.0. The van der Waals surface area contributed by atoms with Crippen molar-refractivity contribution in [3.8, 4) is 5.75 Å². The number of hydrogen-bond acceptors (Lipinski definition) is 5. The molecular weight excluding hydrogens is 374 g/mol. The molecule has 2 aromatic rings. The molecule has 1 fully saturated rings. The SMILES string of the molecule is COC(=O)C1CN(C(=O)Nc2ccccc2)CCN1C(=O)c1ccccc1OC. The molecule has 8 heteroatoms. The van der Waals surface area contributed by atoms with Crippen molar-refractivity contribution in [3.05, 3.63) is 60.2 Å². The standard InChI is InChI=1S/C21H23N3O5/c1-28-18-11-7-6-10-16(18)19(25)24-13-12-23(14-17(24)20(26)29-2)21(27)22-15-8-4-3-5-9-15/h3-11,17H,12-14H2,1-2H3,(H,22,27). The number of amides is 3. The van der Waals surface area contributed by atoms with Crippen molar-refractivity contribution in [2.24, 2.45) is 0 Å². The van der Waals surface area contributed by atoms with E-state index in [-0.39, 0.29) is 31.6 Å². The molecule has 2 aromatic carbocycles. The lowest BCUT2D eigenvalue weighted by molar-refractivity contribution is -0.147. The van der Waals surface area contributed by atoms with Crippen LogP contribution in [0.4, 0.5) is 10.5 Å². The minimum Gasteiger partial charge on any atom is -0.496 e. The van der Waals surface area contributed by atoms with E-state index in [1.165, 1.54) is 24.0 Å². The molecule has 29 heavy (non-hydrogen) atoms. The number of carbonyl (C=O) groups excluding carboxylic acids is 3. The van der Waals surface area contributed by atoms with Gasteiger partial charge in [0.2, 0.25) is 0 Å². The number of para-hydroxylation sites is 2. The first kappa shape index (κ1) is 20.2. The first-order valence-corrected chi connectivity index (χ1v) is 9.18. The number of ether oxygens (including phenoxy) is 2. The van der Waals surface area contributed by atoms with E-state index in [1.807, 2.05) is 18.2 Å². The van der Waals surface area contributed by atoms with Gasteiger partial charge in [-0.3, -0.25) is 4.79 Å². The largest absolute Gasteiger partial charge is 0.496 e. The van der Waals surface area contributed by atoms with Crippen LogP contribution >= 0.6 is 0 Å². The topological polar surface area (TPSA) is 88.2 Å². The number of rotatable bonds is 4. The Morgan fingerprint density at radius 3 is 2.34 bits per heavy atom. The third kappa shape index (κ3) is 4.48. The summed E-state index contributed by atoms with van der Waals surface area (Å²) in [7, 11) is 2.74. The third-order valence-electron chi connectivity index (χ3n) is 4.76. The maximum atomic E-state index is 13.1. The molecule has 1 unspecified atom stereocenters. The van der Waals surface area contributed by atoms with Gasteiger partial charge in [-0.1, -0.05) is 30.3 Å². The van der Waals surface area contributed by atoms with Gasteiger partial charge in [-0.05, 0) is 24.3 Å². The van der Waals surface area contributed by atoms with Gasteiger partial charge >= 0.3 is 12.0 Å². The Morgan fingerprint density at radius 1 is 0.966 bits per heavy atom. The maximum absolute atomic E-state index is 13.1. The molecule has 0 radical (unpaired) electrons. The van der Waals surface area contributed by atoms with Crippen LogP contribution in [0.5, 0.6) is 5.75 Å². The Balaban J connectivity index is 1.78. The number of nitrogens with one attached hydrogen (secondary N) is 1. The lowest BCUT2D eigenvalue weighted by atomic mass is 10.1. The Labute approximate surface area is 169 Å². The fourth-order valence-electron chi connectivity index (χ4n) is 3.25. The molecule has 0 aliphatic carbocycles. The summed E-state index contributed by atoms with van der Waals surface area (Å²) in [5.74, 6) is -0.503. The predicted molar refractivity (Wildman–Crippen MR) is 107 cm³/mol. The van der Waals surface area contributed by atoms with Crippen LogP contribution in [0.15, 0.2) is 54.6 Å². The summed E-state index contributed by atoms with van der Waals surface area (Å²) in [6.45, 7) is 0.512. The zero-order valence-electron chi connectivity index (χ0n) is 16.3. The Bertz CT molecular complexity index is 887. The molecule has 0 saturated carbocycles. The van der Waals surface area contributed by atoms with Crippen molar-refractivity contribution < 1.29 is 23.9 Å². The van der Waals surface area contributed by atoms with Crippen molar-refractivity contribution in [2.75, 3.05) is 39.2 Å². The lowest BCUT2D eigenvalue weighted by Gasteiger charge is -2.39. The van der Waals surface area contributed by atoms with Crippen molar-refractivity contribution in [1.29, 1.82) is 0 Å². The van der Waals surface area contributed by atoms with Crippen LogP contribution in [0, 0.1) is 0 Å². The van der Waals surface area contributed by atoms with E-state index in [0.29, 0.717) is 17.0 Å². The number of piperazine rings is 1. The normalized spacial score (nSPS) is 16.1. The molecule has 8 nitrogen and oxygen atoms in total. The van der Waals surface area contributed by atoms with E-state index < -0.39 is 12.0 Å². The highest BCUT2D eigenvalue weighted by Crippen LogP contribution is 2.23. The first-order chi connectivity index (χ1) is 14.0. The number of nitrogens with zero attached hydrogens (tertiary/aromatic N) is 2. The van der Waals surface area contributed by atoms with E-state index in [9.17, 15) is 14.4 Å². The molecule has 3 amide bonds. The van der Waals surface area contributed by atoms with Crippen LogP contribution in [0.25, 0.3) is 0 Å². The number of anilines is 1. The molecule has 1 heterocycles. The average Bonchev–Trinajstić information content (AvgIpc) is 2.78. The second-order valence-electron chi connectivity index (χ2n) is 6.48. The quantitative estimate of drug-likeness (QED) is 0.800. The minimum atomic E-state index is -0.910. The zero-order valence-corrected chi connectivity index (χ0v) is 16.3. The number of benzene rings is 2. The van der Waals surface area contributed by atoms with Crippen LogP contribution in [0.2, 0.25) is 0 Å². The van der Waals surface area contributed by atoms with E-state index in [4.69, 9.17) is 9.47 Å². The number of esters is 1. The molecule has 1 atom stereocenters. The zero-order chi connectivity index (χ0) is 20.8. The van der Waals surface area contributed by atoms with Gasteiger partial charge in [0, 0.05) is 18.8 Å². The van der Waals surface area contributed by atoms with Crippen LogP contribution in [-0.4, -0.2) is 67.6 Å². The van der Waals surface area contributed by atoms with Gasteiger partial charge in [0.05, 0.1) is 26.3 Å². The summed E-state index contributed by atoms with van der Waals surface area (Å²) in [6, 6.07) is 14.6. The lowest BCUT2D eigenvalue weighted by Crippen LogP contribution is -2.60. The second kappa shape index (κ2) is 9.09. The molecule has 1 saturated heterocycles. The number of methoxy groups -OCH3 is 2. The van der Waals surface area contributed by atoms with Crippen molar-refractivity contribution in [1.82, 2.24) is 9.80 Å². The smallest absolute Gasteiger partial charge is 0.330 e. The molecule has 0 aromatic heterocycles. The molecule has 3 rings (SSSR count). The van der Waals surface area contributed by atoms with Gasteiger partial charge in [0.1, 0.15) is 11.8 Å². The Hall–Kier alpha value is -3.55. The summed E-state index contributed by atoms with van der Waals surface area (Å²) >= 11 is 0. The van der Waals surface area contributed by atoms with Crippen LogP contribution < -0.4 is 10.1 Å². The maximum Gasteiger partial charge on any atom is 0.330 e. The van der Waals surface area contributed by atoms with Gasteiger partial charge < -0.3 is 24.6 Å². The third-order valence-corrected chi connectivity index (χ3v) is 4.76. The fourth-order valence-corrected chi connectivity index (χ4v) is 3.25. The van der Waals surface area contributed by atoms with E-state index in [0.717, 1.165) is 0 Å². The van der Waals surface area contributed by atoms with Gasteiger partial charge in [0.15, 0.2) is 0 Å². The van der Waals surface area contributed by atoms with Crippen LogP contribution in [0.1, 0.15) is 10.4 Å². The molecule has 0 bridgehead atoms. The van der Waals surface area contributed by atoms with Gasteiger partial charge in [-0.15, -0.1) is 0 Å². The van der Waals surface area contributed by atoms with E-state index in [1.54, 1.807) is 36.4 Å². The highest BCUT2D eigenvalue weighted by atomic mass is 16.5. The summed E-state index contributed by atoms with van der Waals surface area (Å²) in [6.07, 6.45) is 0. The van der Waals surface area contributed by atoms with Crippen molar-refractivity contribution >= 4 is 23.6 Å². The molecule has 1 N–H and O–H groups in total. The van der Waals surface area contributed by atoms with Gasteiger partial charge in [0.25, 0.3) is 5.91 Å². The molecule has 0 spiro atoms. The van der Waals surface area contributed by atoms with Crippen molar-refractivity contribution in [3.63, 3.8) is 0 Å². The van der Waals surface area contributed by atoms with E-state index in [2.05, 4.69) is 5.32 Å². The van der Waals surface area contributed by atoms with Crippen LogP contribution in [0.3, 0.4) is 0 Å². The Morgan fingerprint density at radius 2 is 1.66 bits per heavy atom.